The highest BCUT2D eigenvalue weighted by Crippen LogP contribution is 2.15. The Morgan fingerprint density at radius 3 is 2.29 bits per heavy atom. The number of amides is 2. The number of carbonyl (C=O) groups excluding carboxylic acids is 2. The van der Waals surface area contributed by atoms with Crippen molar-refractivity contribution in [3.8, 4) is 0 Å². The highest BCUT2D eigenvalue weighted by Gasteiger charge is 2.30. The van der Waals surface area contributed by atoms with E-state index in [9.17, 15) is 19.5 Å². The zero-order valence-electron chi connectivity index (χ0n) is 19.5. The molecule has 0 aliphatic carbocycles. The van der Waals surface area contributed by atoms with Gasteiger partial charge in [0, 0.05) is 13.0 Å². The number of benzene rings is 1. The van der Waals surface area contributed by atoms with Gasteiger partial charge in [-0.2, -0.15) is 0 Å². The van der Waals surface area contributed by atoms with Crippen molar-refractivity contribution in [1.82, 2.24) is 10.6 Å². The molecule has 7 N–H and O–H groups in total. The van der Waals surface area contributed by atoms with Gasteiger partial charge in [-0.3, -0.25) is 19.4 Å². The van der Waals surface area contributed by atoms with Crippen LogP contribution in [-0.2, 0) is 20.8 Å². The molecule has 0 bridgehead atoms. The maximum atomic E-state index is 12.9. The molecule has 0 radical (unpaired) electrons. The van der Waals surface area contributed by atoms with Gasteiger partial charge >= 0.3 is 5.97 Å². The van der Waals surface area contributed by atoms with E-state index in [1.54, 1.807) is 0 Å². The van der Waals surface area contributed by atoms with Crippen LogP contribution in [0.2, 0.25) is 0 Å². The van der Waals surface area contributed by atoms with Crippen LogP contribution in [0.1, 0.15) is 50.5 Å². The summed E-state index contributed by atoms with van der Waals surface area (Å²) in [5.41, 5.74) is 11.5. The Kier molecular flexibility index (Phi) is 11.8. The number of nitrogens with two attached hydrogens (primary N) is 2. The average Bonchev–Trinajstić information content (AvgIpc) is 3.35. The molecular formula is C22H33N9O4. The zero-order valence-corrected chi connectivity index (χ0v) is 19.5. The van der Waals surface area contributed by atoms with Crippen LogP contribution in [0.3, 0.4) is 0 Å². The van der Waals surface area contributed by atoms with Gasteiger partial charge in [0.15, 0.2) is 5.96 Å². The maximum absolute atomic E-state index is 12.9. The summed E-state index contributed by atoms with van der Waals surface area (Å²) in [6, 6.07) is 7.55. The van der Waals surface area contributed by atoms with Crippen molar-refractivity contribution in [2.75, 3.05) is 6.54 Å². The fraction of sp³-hybridized carbons (Fsp3) is 0.545. The maximum Gasteiger partial charge on any atom is 0.305 e. The lowest BCUT2D eigenvalue weighted by atomic mass is 10.0. The monoisotopic (exact) mass is 487 g/mol. The Morgan fingerprint density at radius 1 is 0.971 bits per heavy atom. The molecule has 1 heterocycles. The van der Waals surface area contributed by atoms with E-state index in [4.69, 9.17) is 11.5 Å². The van der Waals surface area contributed by atoms with Crippen molar-refractivity contribution in [1.29, 1.82) is 0 Å². The van der Waals surface area contributed by atoms with Crippen LogP contribution in [0.4, 0.5) is 0 Å². The van der Waals surface area contributed by atoms with Gasteiger partial charge in [-0.15, -0.1) is 10.2 Å². The summed E-state index contributed by atoms with van der Waals surface area (Å²) >= 11 is 0. The van der Waals surface area contributed by atoms with E-state index in [0.717, 1.165) is 31.2 Å². The number of nitrogens with zero attached hydrogens (tertiary/aromatic N) is 5. The molecule has 13 nitrogen and oxygen atoms in total. The lowest BCUT2D eigenvalue weighted by molar-refractivity contribution is -0.140. The number of guanidine groups is 1. The molecule has 0 fully saturated rings. The molecule has 2 amide bonds. The van der Waals surface area contributed by atoms with Gasteiger partial charge in [0.25, 0.3) is 0 Å². The highest BCUT2D eigenvalue weighted by molar-refractivity contribution is 5.90. The van der Waals surface area contributed by atoms with E-state index < -0.39 is 36.5 Å². The SMILES string of the molecule is NC(N)=NCCCCCCCC(=O)N[C@@H](CC(=O)O)C(=O)N[C@@H](Cc1ccccc1)C1N=NN=N1. The van der Waals surface area contributed by atoms with E-state index >= 15 is 0 Å². The largest absolute Gasteiger partial charge is 0.481 e. The first-order chi connectivity index (χ1) is 16.8. The minimum absolute atomic E-state index is 0.0741. The van der Waals surface area contributed by atoms with Gasteiger partial charge < -0.3 is 27.2 Å². The molecule has 35 heavy (non-hydrogen) atoms. The zero-order chi connectivity index (χ0) is 25.5. The molecule has 0 unspecified atom stereocenters. The normalized spacial score (nSPS) is 14.3. The Hall–Kier alpha value is -3.90. The second-order valence-corrected chi connectivity index (χ2v) is 8.17. The van der Waals surface area contributed by atoms with Crippen LogP contribution in [-0.4, -0.2) is 53.6 Å². The van der Waals surface area contributed by atoms with E-state index in [1.807, 2.05) is 30.3 Å². The minimum atomic E-state index is -1.23. The van der Waals surface area contributed by atoms with Crippen molar-refractivity contribution in [3.05, 3.63) is 35.9 Å². The number of nitrogens with one attached hydrogen (secondary N) is 2. The predicted octanol–water partition coefficient (Wildman–Crippen LogP) is 1.45. The molecule has 190 valence electrons. The number of aliphatic imine (C=N–C) groups is 1. The first-order valence-corrected chi connectivity index (χ1v) is 11.6. The summed E-state index contributed by atoms with van der Waals surface area (Å²) in [4.78, 5) is 40.6. The molecule has 1 aliphatic heterocycles. The molecule has 0 spiro atoms. The molecule has 2 atom stereocenters. The molecule has 1 aromatic carbocycles. The number of unbranched alkanes of at least 4 members (excludes halogenated alkanes) is 4. The van der Waals surface area contributed by atoms with Gasteiger partial charge in [0.05, 0.1) is 12.5 Å². The summed E-state index contributed by atoms with van der Waals surface area (Å²) in [5, 5.41) is 29.4. The smallest absolute Gasteiger partial charge is 0.305 e. The first kappa shape index (κ1) is 27.3. The summed E-state index contributed by atoms with van der Waals surface area (Å²) in [5.74, 6) is -2.14. The standard InChI is InChI=1S/C22H33N9O4/c23-22(24)25-12-8-3-1-2-7-11-18(32)26-17(14-19(33)34)21(35)27-16(20-28-30-31-29-20)13-15-9-5-4-6-10-15/h4-6,9-10,16-17,20H,1-3,7-8,11-14H2,(H,26,32)(H,27,35)(H,33,34)(H4,23,24,25)/t16-,17-/m0/s1. The summed E-state index contributed by atoms with van der Waals surface area (Å²) < 4.78 is 0. The van der Waals surface area contributed by atoms with E-state index in [1.165, 1.54) is 0 Å². The predicted molar refractivity (Wildman–Crippen MR) is 128 cm³/mol. The fourth-order valence-electron chi connectivity index (χ4n) is 3.50. The van der Waals surface area contributed by atoms with Gasteiger partial charge in [-0.1, -0.05) is 49.6 Å². The van der Waals surface area contributed by atoms with Crippen LogP contribution in [0.15, 0.2) is 56.0 Å². The van der Waals surface area contributed by atoms with Crippen LogP contribution >= 0.6 is 0 Å². The van der Waals surface area contributed by atoms with E-state index in [-0.39, 0.29) is 18.3 Å². The Morgan fingerprint density at radius 2 is 1.63 bits per heavy atom. The Labute approximate surface area is 203 Å². The number of carbonyl (C=O) groups is 3. The Bertz CT molecular complexity index is 905. The molecule has 1 aliphatic rings. The van der Waals surface area contributed by atoms with Crippen LogP contribution in [0, 0.1) is 0 Å². The summed E-state index contributed by atoms with van der Waals surface area (Å²) in [6.07, 6.45) is 3.44. The number of rotatable bonds is 16. The molecule has 2 rings (SSSR count). The fourth-order valence-corrected chi connectivity index (χ4v) is 3.50. The van der Waals surface area contributed by atoms with Gasteiger partial charge in [0.2, 0.25) is 18.0 Å². The van der Waals surface area contributed by atoms with Crippen LogP contribution in [0.25, 0.3) is 0 Å². The minimum Gasteiger partial charge on any atom is -0.481 e. The van der Waals surface area contributed by atoms with E-state index in [0.29, 0.717) is 19.4 Å². The van der Waals surface area contributed by atoms with Crippen molar-refractivity contribution in [2.24, 2.45) is 37.1 Å². The lowest BCUT2D eigenvalue weighted by Crippen LogP contribution is -2.53. The molecular weight excluding hydrogens is 454 g/mol. The lowest BCUT2D eigenvalue weighted by Gasteiger charge is -2.23. The third-order valence-electron chi connectivity index (χ3n) is 5.25. The summed E-state index contributed by atoms with van der Waals surface area (Å²) in [6.45, 7) is 0.573. The number of carboxylic acid groups (broad SMARTS) is 1. The summed E-state index contributed by atoms with van der Waals surface area (Å²) in [7, 11) is 0. The van der Waals surface area contributed by atoms with Gasteiger partial charge in [-0.05, 0) is 35.3 Å². The second kappa shape index (κ2) is 15.1. The van der Waals surface area contributed by atoms with Crippen molar-refractivity contribution < 1.29 is 19.5 Å². The first-order valence-electron chi connectivity index (χ1n) is 11.6. The Balaban J connectivity index is 1.86. The highest BCUT2D eigenvalue weighted by atomic mass is 16.4. The quantitative estimate of drug-likeness (QED) is 0.132. The number of aliphatic carboxylic acids is 1. The van der Waals surface area contributed by atoms with Gasteiger partial charge in [0.1, 0.15) is 6.04 Å². The third-order valence-corrected chi connectivity index (χ3v) is 5.25. The average molecular weight is 488 g/mol. The van der Waals surface area contributed by atoms with Crippen molar-refractivity contribution in [3.63, 3.8) is 0 Å². The number of carboxylic acids is 1. The number of hydrogen-bond acceptors (Lipinski definition) is 8. The van der Waals surface area contributed by atoms with Gasteiger partial charge in [-0.25, -0.2) is 0 Å². The third kappa shape index (κ3) is 11.2. The van der Waals surface area contributed by atoms with Crippen molar-refractivity contribution in [2.45, 2.75) is 69.6 Å². The molecule has 0 saturated heterocycles. The molecule has 0 saturated carbocycles. The van der Waals surface area contributed by atoms with Crippen LogP contribution in [0.5, 0.6) is 0 Å². The van der Waals surface area contributed by atoms with Crippen molar-refractivity contribution >= 4 is 23.7 Å². The number of hydrogen-bond donors (Lipinski definition) is 5. The molecule has 13 heteroatoms. The topological polar surface area (TPSA) is 209 Å². The molecule has 0 aromatic heterocycles. The molecule has 1 aromatic rings. The van der Waals surface area contributed by atoms with Crippen LogP contribution < -0.4 is 22.1 Å². The second-order valence-electron chi connectivity index (χ2n) is 8.17. The van der Waals surface area contributed by atoms with E-state index in [2.05, 4.69) is 36.3 Å².